The van der Waals surface area contributed by atoms with Crippen molar-refractivity contribution < 1.29 is 4.74 Å². The number of nitrogens with two attached hydrogens (primary N) is 1. The summed E-state index contributed by atoms with van der Waals surface area (Å²) >= 11 is 7.70. The summed E-state index contributed by atoms with van der Waals surface area (Å²) in [7, 11) is 0. The number of aromatic nitrogens is 1. The van der Waals surface area contributed by atoms with Gasteiger partial charge in [-0.05, 0) is 12.1 Å². The zero-order chi connectivity index (χ0) is 11.8. The molecule has 2 heterocycles. The Labute approximate surface area is 108 Å². The maximum atomic E-state index is 6.13. The third-order valence-corrected chi connectivity index (χ3v) is 3.81. The third-order valence-electron chi connectivity index (χ3n) is 2.79. The van der Waals surface area contributed by atoms with E-state index >= 15 is 0 Å². The first-order valence-corrected chi connectivity index (χ1v) is 6.62. The highest BCUT2D eigenvalue weighted by Gasteiger charge is 2.26. The molecule has 1 unspecified atom stereocenters. The predicted octanol–water partition coefficient (Wildman–Crippen LogP) is 2.73. The third kappa shape index (κ3) is 1.92. The van der Waals surface area contributed by atoms with E-state index in [0.29, 0.717) is 6.54 Å². The van der Waals surface area contributed by atoms with Crippen molar-refractivity contribution in [2.45, 2.75) is 12.5 Å². The molecule has 0 amide bonds. The highest BCUT2D eigenvalue weighted by Crippen LogP contribution is 2.41. The lowest BCUT2D eigenvalue weighted by molar-refractivity contribution is 0.242. The molecule has 2 N–H and O–H groups in total. The Balaban J connectivity index is 2.12. The summed E-state index contributed by atoms with van der Waals surface area (Å²) < 4.78 is 5.85. The van der Waals surface area contributed by atoms with Crippen LogP contribution in [0.2, 0.25) is 5.02 Å². The van der Waals surface area contributed by atoms with Gasteiger partial charge >= 0.3 is 0 Å². The Bertz CT molecular complexity index is 542. The highest BCUT2D eigenvalue weighted by molar-refractivity contribution is 7.13. The van der Waals surface area contributed by atoms with E-state index in [-0.39, 0.29) is 6.10 Å². The topological polar surface area (TPSA) is 48.1 Å². The number of ether oxygens (including phenoxy) is 1. The smallest absolute Gasteiger partial charge is 0.133 e. The van der Waals surface area contributed by atoms with Gasteiger partial charge in [-0.15, -0.1) is 11.3 Å². The Hall–Kier alpha value is -1.10. The van der Waals surface area contributed by atoms with Crippen LogP contribution in [0.4, 0.5) is 0 Å². The molecule has 17 heavy (non-hydrogen) atoms. The van der Waals surface area contributed by atoms with E-state index in [1.54, 1.807) is 17.5 Å². The van der Waals surface area contributed by atoms with E-state index < -0.39 is 0 Å². The van der Waals surface area contributed by atoms with Crippen LogP contribution in [0, 0.1) is 0 Å². The summed E-state index contributed by atoms with van der Waals surface area (Å²) in [5, 5.41) is 3.59. The Morgan fingerprint density at radius 3 is 3.12 bits per heavy atom. The van der Waals surface area contributed by atoms with Gasteiger partial charge in [-0.2, -0.15) is 0 Å². The first-order chi connectivity index (χ1) is 8.28. The molecule has 0 radical (unpaired) electrons. The lowest BCUT2D eigenvalue weighted by Crippen LogP contribution is -2.24. The second kappa shape index (κ2) is 4.29. The maximum Gasteiger partial charge on any atom is 0.133 e. The SMILES string of the molecule is NCC1Cc2cc(Cl)cc(-c3nccs3)c2O1. The number of hydrogen-bond acceptors (Lipinski definition) is 4. The van der Waals surface area contributed by atoms with E-state index in [1.165, 1.54) is 0 Å². The molecule has 0 fully saturated rings. The van der Waals surface area contributed by atoms with Crippen LogP contribution in [-0.2, 0) is 6.42 Å². The average Bonchev–Trinajstić information content (AvgIpc) is 2.96. The van der Waals surface area contributed by atoms with Crippen LogP contribution in [0.1, 0.15) is 5.56 Å². The van der Waals surface area contributed by atoms with Crippen molar-refractivity contribution in [3.05, 3.63) is 34.3 Å². The highest BCUT2D eigenvalue weighted by atomic mass is 35.5. The number of halogens is 1. The fraction of sp³-hybridized carbons (Fsp3) is 0.250. The molecule has 1 aromatic heterocycles. The summed E-state index contributed by atoms with van der Waals surface area (Å²) in [5.41, 5.74) is 7.74. The molecule has 1 aromatic carbocycles. The van der Waals surface area contributed by atoms with Crippen LogP contribution in [0.5, 0.6) is 5.75 Å². The molecule has 0 spiro atoms. The van der Waals surface area contributed by atoms with E-state index in [0.717, 1.165) is 33.3 Å². The summed E-state index contributed by atoms with van der Waals surface area (Å²) in [6.07, 6.45) is 2.66. The average molecular weight is 267 g/mol. The second-order valence-electron chi connectivity index (χ2n) is 3.96. The summed E-state index contributed by atoms with van der Waals surface area (Å²) in [6.45, 7) is 0.517. The van der Waals surface area contributed by atoms with Crippen molar-refractivity contribution >= 4 is 22.9 Å². The number of fused-ring (bicyclic) bond motifs is 1. The van der Waals surface area contributed by atoms with Crippen molar-refractivity contribution in [1.82, 2.24) is 4.98 Å². The van der Waals surface area contributed by atoms with Crippen LogP contribution >= 0.6 is 22.9 Å². The minimum Gasteiger partial charge on any atom is -0.488 e. The minimum absolute atomic E-state index is 0.0576. The molecule has 3 rings (SSSR count). The first kappa shape index (κ1) is 11.0. The number of rotatable bonds is 2. The van der Waals surface area contributed by atoms with Crippen molar-refractivity contribution in [3.63, 3.8) is 0 Å². The predicted molar refractivity (Wildman–Crippen MR) is 69.7 cm³/mol. The van der Waals surface area contributed by atoms with Crippen LogP contribution in [0.3, 0.4) is 0 Å². The van der Waals surface area contributed by atoms with Crippen molar-refractivity contribution in [2.75, 3.05) is 6.54 Å². The van der Waals surface area contributed by atoms with Gasteiger partial charge in [0.15, 0.2) is 0 Å². The van der Waals surface area contributed by atoms with Gasteiger partial charge in [0.05, 0.1) is 5.56 Å². The molecular weight excluding hydrogens is 256 g/mol. The van der Waals surface area contributed by atoms with Gasteiger partial charge in [0, 0.05) is 35.1 Å². The molecule has 3 nitrogen and oxygen atoms in total. The first-order valence-electron chi connectivity index (χ1n) is 5.37. The largest absolute Gasteiger partial charge is 0.488 e. The molecule has 0 aliphatic carbocycles. The number of benzene rings is 1. The molecule has 0 bridgehead atoms. The van der Waals surface area contributed by atoms with Crippen molar-refractivity contribution in [2.24, 2.45) is 5.73 Å². The summed E-state index contributed by atoms with van der Waals surface area (Å²) in [6, 6.07) is 3.85. The molecular formula is C12H11ClN2OS. The van der Waals surface area contributed by atoms with Crippen LogP contribution in [-0.4, -0.2) is 17.6 Å². The molecule has 1 aliphatic rings. The zero-order valence-electron chi connectivity index (χ0n) is 9.02. The fourth-order valence-corrected chi connectivity index (χ4v) is 2.93. The van der Waals surface area contributed by atoms with Gasteiger partial charge in [-0.1, -0.05) is 11.6 Å². The molecule has 1 aliphatic heterocycles. The standard InChI is InChI=1S/C12H11ClN2OS/c13-8-3-7-4-9(6-14)16-11(7)10(5-8)12-15-1-2-17-12/h1-3,5,9H,4,6,14H2. The van der Waals surface area contributed by atoms with Crippen LogP contribution < -0.4 is 10.5 Å². The van der Waals surface area contributed by atoms with Crippen LogP contribution in [0.25, 0.3) is 10.6 Å². The molecule has 0 saturated carbocycles. The minimum atomic E-state index is 0.0576. The zero-order valence-corrected chi connectivity index (χ0v) is 10.6. The molecule has 88 valence electrons. The molecule has 2 aromatic rings. The van der Waals surface area contributed by atoms with Gasteiger partial charge in [0.1, 0.15) is 16.9 Å². The fourth-order valence-electron chi connectivity index (χ4n) is 2.04. The molecule has 1 atom stereocenters. The van der Waals surface area contributed by atoms with Gasteiger partial charge in [-0.25, -0.2) is 4.98 Å². The van der Waals surface area contributed by atoms with E-state index in [9.17, 15) is 0 Å². The van der Waals surface area contributed by atoms with Gasteiger partial charge in [-0.3, -0.25) is 0 Å². The van der Waals surface area contributed by atoms with Crippen molar-refractivity contribution in [3.8, 4) is 16.3 Å². The number of hydrogen-bond donors (Lipinski definition) is 1. The Morgan fingerprint density at radius 1 is 1.53 bits per heavy atom. The van der Waals surface area contributed by atoms with Crippen molar-refractivity contribution in [1.29, 1.82) is 0 Å². The number of nitrogens with zero attached hydrogens (tertiary/aromatic N) is 1. The Kier molecular flexibility index (Phi) is 2.78. The molecule has 5 heteroatoms. The lowest BCUT2D eigenvalue weighted by atomic mass is 10.1. The number of thiazole rings is 1. The quantitative estimate of drug-likeness (QED) is 0.909. The molecule has 0 saturated heterocycles. The lowest BCUT2D eigenvalue weighted by Gasteiger charge is -2.09. The van der Waals surface area contributed by atoms with Gasteiger partial charge in [0.2, 0.25) is 0 Å². The van der Waals surface area contributed by atoms with Crippen LogP contribution in [0.15, 0.2) is 23.7 Å². The van der Waals surface area contributed by atoms with Gasteiger partial charge in [0.25, 0.3) is 0 Å². The van der Waals surface area contributed by atoms with E-state index in [4.69, 9.17) is 22.1 Å². The normalized spacial score (nSPS) is 17.9. The van der Waals surface area contributed by atoms with E-state index in [1.807, 2.05) is 17.5 Å². The summed E-state index contributed by atoms with van der Waals surface area (Å²) in [5.74, 6) is 0.889. The van der Waals surface area contributed by atoms with Gasteiger partial charge < -0.3 is 10.5 Å². The monoisotopic (exact) mass is 266 g/mol. The van der Waals surface area contributed by atoms with E-state index in [2.05, 4.69) is 4.98 Å². The summed E-state index contributed by atoms with van der Waals surface area (Å²) in [4.78, 5) is 4.30. The maximum absolute atomic E-state index is 6.13. The second-order valence-corrected chi connectivity index (χ2v) is 5.29. The Morgan fingerprint density at radius 2 is 2.41 bits per heavy atom.